The van der Waals surface area contributed by atoms with E-state index in [0.717, 1.165) is 31.4 Å². The second-order valence-electron chi connectivity index (χ2n) is 4.14. The minimum absolute atomic E-state index is 0.210. The molecule has 6 nitrogen and oxygen atoms in total. The Morgan fingerprint density at radius 1 is 1.53 bits per heavy atom. The highest BCUT2D eigenvalue weighted by molar-refractivity contribution is 5.88. The van der Waals surface area contributed by atoms with E-state index in [1.165, 1.54) is 7.11 Å². The van der Waals surface area contributed by atoms with Gasteiger partial charge in [0.15, 0.2) is 0 Å². The van der Waals surface area contributed by atoms with Gasteiger partial charge in [-0.25, -0.2) is 10.2 Å². The molecule has 1 atom stereocenters. The van der Waals surface area contributed by atoms with Crippen molar-refractivity contribution in [2.75, 3.05) is 7.11 Å². The highest BCUT2D eigenvalue weighted by Crippen LogP contribution is 2.25. The molecule has 1 aliphatic rings. The number of hydrogen-bond donors (Lipinski definition) is 2. The number of carbonyl (C=O) groups excluding carboxylic acids is 2. The van der Waals surface area contributed by atoms with Crippen LogP contribution in [0.3, 0.4) is 0 Å². The van der Waals surface area contributed by atoms with E-state index in [4.69, 9.17) is 5.73 Å². The zero-order valence-corrected chi connectivity index (χ0v) is 10.1. The van der Waals surface area contributed by atoms with Crippen molar-refractivity contribution in [1.82, 2.24) is 5.43 Å². The molecule has 0 spiro atoms. The molecular weight excluding hydrogens is 222 g/mol. The third-order valence-corrected chi connectivity index (χ3v) is 2.94. The number of nitrogens with zero attached hydrogens (tertiary/aromatic N) is 1. The molecule has 1 rings (SSSR count). The molecule has 0 aromatic heterocycles. The Balaban J connectivity index is 2.50. The van der Waals surface area contributed by atoms with Crippen molar-refractivity contribution in [2.45, 2.75) is 38.5 Å². The number of carbonyl (C=O) groups is 2. The van der Waals surface area contributed by atoms with Crippen LogP contribution in [-0.2, 0) is 9.53 Å². The average molecular weight is 241 g/mol. The fourth-order valence-corrected chi connectivity index (χ4v) is 2.05. The lowest BCUT2D eigenvalue weighted by molar-refractivity contribution is -0.140. The summed E-state index contributed by atoms with van der Waals surface area (Å²) in [7, 11) is 1.38. The lowest BCUT2D eigenvalue weighted by Crippen LogP contribution is -2.29. The number of nitrogens with one attached hydrogen (secondary N) is 1. The van der Waals surface area contributed by atoms with Gasteiger partial charge in [0.25, 0.3) is 0 Å². The largest absolute Gasteiger partial charge is 0.469 e. The van der Waals surface area contributed by atoms with E-state index < -0.39 is 6.03 Å². The summed E-state index contributed by atoms with van der Waals surface area (Å²) in [6.45, 7) is 0. The summed E-state index contributed by atoms with van der Waals surface area (Å²) in [5, 5.41) is 4.01. The molecule has 0 heterocycles. The number of urea groups is 1. The highest BCUT2D eigenvalue weighted by atomic mass is 16.5. The average Bonchev–Trinajstić information content (AvgIpc) is 2.34. The van der Waals surface area contributed by atoms with Crippen LogP contribution in [0.1, 0.15) is 38.5 Å². The van der Waals surface area contributed by atoms with Gasteiger partial charge >= 0.3 is 12.0 Å². The topological polar surface area (TPSA) is 93.8 Å². The fourth-order valence-electron chi connectivity index (χ4n) is 2.05. The lowest BCUT2D eigenvalue weighted by Gasteiger charge is -2.23. The molecule has 0 bridgehead atoms. The van der Waals surface area contributed by atoms with Crippen LogP contribution in [-0.4, -0.2) is 24.8 Å². The Labute approximate surface area is 101 Å². The van der Waals surface area contributed by atoms with Crippen molar-refractivity contribution < 1.29 is 14.3 Å². The van der Waals surface area contributed by atoms with Crippen molar-refractivity contribution in [3.63, 3.8) is 0 Å². The van der Waals surface area contributed by atoms with Crippen LogP contribution in [0.25, 0.3) is 0 Å². The molecular formula is C11H19N3O3. The Bertz CT molecular complexity index is 315. The summed E-state index contributed by atoms with van der Waals surface area (Å²) in [6, 6.07) is -0.658. The molecule has 3 N–H and O–H groups in total. The molecule has 0 aliphatic heterocycles. The van der Waals surface area contributed by atoms with E-state index in [-0.39, 0.29) is 11.9 Å². The number of primary amides is 1. The van der Waals surface area contributed by atoms with E-state index in [2.05, 4.69) is 15.3 Å². The molecule has 96 valence electrons. The SMILES string of the molecule is COC(=O)CCC1CCCCC1=NNC(N)=O. The van der Waals surface area contributed by atoms with Gasteiger partial charge in [0.05, 0.1) is 7.11 Å². The van der Waals surface area contributed by atoms with E-state index >= 15 is 0 Å². The van der Waals surface area contributed by atoms with Crippen LogP contribution in [0.15, 0.2) is 5.10 Å². The summed E-state index contributed by atoms with van der Waals surface area (Å²) in [4.78, 5) is 21.7. The summed E-state index contributed by atoms with van der Waals surface area (Å²) < 4.78 is 4.61. The van der Waals surface area contributed by atoms with Gasteiger partial charge in [-0.05, 0) is 31.6 Å². The van der Waals surface area contributed by atoms with Crippen molar-refractivity contribution in [1.29, 1.82) is 0 Å². The van der Waals surface area contributed by atoms with Crippen LogP contribution in [0.2, 0.25) is 0 Å². The molecule has 0 aromatic carbocycles. The molecule has 0 radical (unpaired) electrons. The second kappa shape index (κ2) is 6.88. The number of nitrogens with two attached hydrogens (primary N) is 1. The molecule has 6 heteroatoms. The van der Waals surface area contributed by atoms with Gasteiger partial charge in [-0.3, -0.25) is 4.79 Å². The minimum atomic E-state index is -0.658. The molecule has 1 unspecified atom stereocenters. The van der Waals surface area contributed by atoms with Gasteiger partial charge in [-0.2, -0.15) is 5.10 Å². The number of amides is 2. The maximum Gasteiger partial charge on any atom is 0.332 e. The van der Waals surface area contributed by atoms with Crippen molar-refractivity contribution in [3.8, 4) is 0 Å². The number of esters is 1. The first-order valence-corrected chi connectivity index (χ1v) is 5.82. The normalized spacial score (nSPS) is 22.2. The summed E-state index contributed by atoms with van der Waals surface area (Å²) in [6.07, 6.45) is 5.14. The van der Waals surface area contributed by atoms with Gasteiger partial charge in [-0.15, -0.1) is 0 Å². The third kappa shape index (κ3) is 4.84. The van der Waals surface area contributed by atoms with Crippen molar-refractivity contribution in [3.05, 3.63) is 0 Å². The predicted molar refractivity (Wildman–Crippen MR) is 63.4 cm³/mol. The number of methoxy groups -OCH3 is 1. The van der Waals surface area contributed by atoms with Crippen molar-refractivity contribution >= 4 is 17.7 Å². The molecule has 0 aromatic rings. The minimum Gasteiger partial charge on any atom is -0.469 e. The maximum atomic E-state index is 11.1. The van der Waals surface area contributed by atoms with Gasteiger partial charge in [-0.1, -0.05) is 6.42 Å². The van der Waals surface area contributed by atoms with Crippen LogP contribution in [0.4, 0.5) is 4.79 Å². The quantitative estimate of drug-likeness (QED) is 0.571. The Morgan fingerprint density at radius 3 is 2.94 bits per heavy atom. The van der Waals surface area contributed by atoms with Crippen molar-refractivity contribution in [2.24, 2.45) is 16.8 Å². The zero-order chi connectivity index (χ0) is 12.7. The maximum absolute atomic E-state index is 11.1. The zero-order valence-electron chi connectivity index (χ0n) is 10.1. The predicted octanol–water partition coefficient (Wildman–Crippen LogP) is 1.15. The Morgan fingerprint density at radius 2 is 2.29 bits per heavy atom. The molecule has 1 fully saturated rings. The van der Waals surface area contributed by atoms with Crippen LogP contribution in [0.5, 0.6) is 0 Å². The van der Waals surface area contributed by atoms with Gasteiger partial charge < -0.3 is 10.5 Å². The molecule has 1 aliphatic carbocycles. The molecule has 1 saturated carbocycles. The van der Waals surface area contributed by atoms with Crippen LogP contribution < -0.4 is 11.2 Å². The second-order valence-corrected chi connectivity index (χ2v) is 4.14. The summed E-state index contributed by atoms with van der Waals surface area (Å²) in [5.74, 6) is 0.0347. The number of rotatable bonds is 4. The van der Waals surface area contributed by atoms with E-state index in [1.54, 1.807) is 0 Å². The van der Waals surface area contributed by atoms with E-state index in [1.807, 2.05) is 0 Å². The number of hydrogen-bond acceptors (Lipinski definition) is 4. The first-order chi connectivity index (χ1) is 8.13. The first kappa shape index (κ1) is 13.5. The first-order valence-electron chi connectivity index (χ1n) is 5.82. The van der Waals surface area contributed by atoms with Gasteiger partial charge in [0, 0.05) is 12.1 Å². The smallest absolute Gasteiger partial charge is 0.332 e. The van der Waals surface area contributed by atoms with Crippen LogP contribution in [0, 0.1) is 5.92 Å². The molecule has 2 amide bonds. The highest BCUT2D eigenvalue weighted by Gasteiger charge is 2.21. The molecule has 17 heavy (non-hydrogen) atoms. The fraction of sp³-hybridized carbons (Fsp3) is 0.727. The molecule has 0 saturated heterocycles. The van der Waals surface area contributed by atoms with Crippen LogP contribution >= 0.6 is 0 Å². The third-order valence-electron chi connectivity index (χ3n) is 2.94. The lowest BCUT2D eigenvalue weighted by atomic mass is 9.84. The summed E-state index contributed by atoms with van der Waals surface area (Å²) >= 11 is 0. The van der Waals surface area contributed by atoms with E-state index in [0.29, 0.717) is 12.8 Å². The number of ether oxygens (including phenoxy) is 1. The van der Waals surface area contributed by atoms with Gasteiger partial charge in [0.1, 0.15) is 0 Å². The number of hydrazone groups is 1. The monoisotopic (exact) mass is 241 g/mol. The van der Waals surface area contributed by atoms with E-state index in [9.17, 15) is 9.59 Å². The van der Waals surface area contributed by atoms with Gasteiger partial charge in [0.2, 0.25) is 0 Å². The summed E-state index contributed by atoms with van der Waals surface area (Å²) in [5.41, 5.74) is 8.15. The Hall–Kier alpha value is -1.59. The standard InChI is InChI=1S/C11H19N3O3/c1-17-10(15)7-6-8-4-2-3-5-9(8)13-14-11(12)16/h8H,2-7H2,1H3,(H3,12,14,16). The Kier molecular flexibility index (Phi) is 5.45.